The molecule has 0 aliphatic rings. The molecule has 0 bridgehead atoms. The number of pyridine rings is 1. The van der Waals surface area contributed by atoms with E-state index < -0.39 is 17.8 Å². The van der Waals surface area contributed by atoms with Crippen LogP contribution >= 0.6 is 0 Å². The molecule has 4 aromatic rings. The van der Waals surface area contributed by atoms with Gasteiger partial charge in [0.2, 0.25) is 0 Å². The number of nitrogens with one attached hydrogen (secondary N) is 1. The van der Waals surface area contributed by atoms with Crippen molar-refractivity contribution in [3.8, 4) is 5.82 Å². The van der Waals surface area contributed by atoms with Crippen LogP contribution < -0.4 is 5.32 Å². The minimum atomic E-state index is -0.655. The molecule has 2 aromatic heterocycles. The molecule has 9 nitrogen and oxygen atoms in total. The van der Waals surface area contributed by atoms with Crippen LogP contribution in [0, 0.1) is 20.8 Å². The average Bonchev–Trinajstić information content (AvgIpc) is 3.27. The van der Waals surface area contributed by atoms with E-state index in [1.807, 2.05) is 32.9 Å². The Bertz CT molecular complexity index is 1510. The van der Waals surface area contributed by atoms with Gasteiger partial charge in [-0.25, -0.2) is 14.6 Å². The van der Waals surface area contributed by atoms with Gasteiger partial charge in [-0.1, -0.05) is 23.8 Å². The van der Waals surface area contributed by atoms with Gasteiger partial charge in [0.15, 0.2) is 11.6 Å². The number of hydrogen-bond acceptors (Lipinski definition) is 7. The Kier molecular flexibility index (Phi) is 6.82. The van der Waals surface area contributed by atoms with E-state index in [2.05, 4.69) is 16.5 Å². The summed E-state index contributed by atoms with van der Waals surface area (Å²) in [6, 6.07) is 12.2. The second-order valence-electron chi connectivity index (χ2n) is 8.31. The lowest BCUT2D eigenvalue weighted by molar-refractivity contribution is 0.0526. The molecule has 184 valence electrons. The van der Waals surface area contributed by atoms with E-state index in [1.54, 1.807) is 19.1 Å². The Morgan fingerprint density at radius 3 is 2.36 bits per heavy atom. The molecule has 0 unspecified atom stereocenters. The summed E-state index contributed by atoms with van der Waals surface area (Å²) in [6.07, 6.45) is 1.32. The molecule has 0 spiro atoms. The van der Waals surface area contributed by atoms with Gasteiger partial charge in [0.25, 0.3) is 5.91 Å². The third-order valence-corrected chi connectivity index (χ3v) is 5.73. The van der Waals surface area contributed by atoms with Crippen molar-refractivity contribution in [3.05, 3.63) is 82.0 Å². The topological polar surface area (TPSA) is 112 Å². The largest absolute Gasteiger partial charge is 0.465 e. The molecule has 0 saturated carbocycles. The molecule has 2 aromatic carbocycles. The number of esters is 2. The van der Waals surface area contributed by atoms with Crippen molar-refractivity contribution in [2.45, 2.75) is 27.7 Å². The van der Waals surface area contributed by atoms with Crippen LogP contribution in [0.5, 0.6) is 0 Å². The molecule has 2 heterocycles. The van der Waals surface area contributed by atoms with E-state index in [1.165, 1.54) is 30.1 Å². The fourth-order valence-electron chi connectivity index (χ4n) is 4.08. The summed E-state index contributed by atoms with van der Waals surface area (Å²) < 4.78 is 11.4. The van der Waals surface area contributed by atoms with E-state index in [0.717, 1.165) is 27.6 Å². The first-order valence-corrected chi connectivity index (χ1v) is 11.4. The normalized spacial score (nSPS) is 10.8. The molecule has 0 aliphatic heterocycles. The van der Waals surface area contributed by atoms with E-state index in [-0.39, 0.29) is 29.1 Å². The predicted molar refractivity (Wildman–Crippen MR) is 135 cm³/mol. The van der Waals surface area contributed by atoms with E-state index in [0.29, 0.717) is 5.82 Å². The van der Waals surface area contributed by atoms with Crippen LogP contribution in [0.4, 0.5) is 5.82 Å². The number of methoxy groups -OCH3 is 1. The standard InChI is InChI=1S/C27H26N4O5/c1-6-36-27(34)21-14-28-31(22-13-16(3)20-12-15(2)11-17(4)23(20)29-22)24(21)30-25(32)18-9-7-8-10-19(18)26(33)35-5/h7-14H,6H2,1-5H3,(H,30,32). The summed E-state index contributed by atoms with van der Waals surface area (Å²) in [6.45, 7) is 7.80. The molecular weight excluding hydrogens is 460 g/mol. The highest BCUT2D eigenvalue weighted by Gasteiger charge is 2.25. The molecule has 4 rings (SSSR count). The van der Waals surface area contributed by atoms with Crippen LogP contribution in [0.15, 0.2) is 48.7 Å². The molecule has 0 fully saturated rings. The zero-order valence-corrected chi connectivity index (χ0v) is 20.7. The Hall–Kier alpha value is -4.53. The lowest BCUT2D eigenvalue weighted by Crippen LogP contribution is -2.21. The number of ether oxygens (including phenoxy) is 2. The third-order valence-electron chi connectivity index (χ3n) is 5.73. The smallest absolute Gasteiger partial charge is 0.343 e. The van der Waals surface area contributed by atoms with Crippen LogP contribution in [0.25, 0.3) is 16.7 Å². The first-order chi connectivity index (χ1) is 17.2. The summed E-state index contributed by atoms with van der Waals surface area (Å²) in [4.78, 5) is 43.0. The van der Waals surface area contributed by atoms with E-state index >= 15 is 0 Å². The predicted octanol–water partition coefficient (Wildman–Crippen LogP) is 4.56. The molecule has 0 aliphatic carbocycles. The average molecular weight is 487 g/mol. The maximum atomic E-state index is 13.3. The van der Waals surface area contributed by atoms with E-state index in [4.69, 9.17) is 14.5 Å². The molecule has 36 heavy (non-hydrogen) atoms. The highest BCUT2D eigenvalue weighted by atomic mass is 16.5. The molecule has 1 amide bonds. The van der Waals surface area contributed by atoms with E-state index in [9.17, 15) is 14.4 Å². The van der Waals surface area contributed by atoms with Gasteiger partial charge in [-0.05, 0) is 63.1 Å². The zero-order chi connectivity index (χ0) is 26.0. The number of benzene rings is 2. The molecule has 0 saturated heterocycles. The highest BCUT2D eigenvalue weighted by molar-refractivity contribution is 6.12. The van der Waals surface area contributed by atoms with Crippen molar-refractivity contribution in [2.24, 2.45) is 0 Å². The van der Waals surface area contributed by atoms with Crippen LogP contribution in [0.1, 0.15) is 54.7 Å². The molecular formula is C27H26N4O5. The summed E-state index contributed by atoms with van der Waals surface area (Å²) in [7, 11) is 1.24. The number of carbonyl (C=O) groups is 3. The lowest BCUT2D eigenvalue weighted by Gasteiger charge is -2.14. The number of carbonyl (C=O) groups excluding carboxylic acids is 3. The first-order valence-electron chi connectivity index (χ1n) is 11.4. The quantitative estimate of drug-likeness (QED) is 0.398. The number of anilines is 1. The first kappa shape index (κ1) is 24.6. The van der Waals surface area contributed by atoms with Crippen molar-refractivity contribution in [1.29, 1.82) is 0 Å². The van der Waals surface area contributed by atoms with Crippen LogP contribution in [-0.2, 0) is 9.47 Å². The van der Waals surface area contributed by atoms with Gasteiger partial charge in [-0.15, -0.1) is 0 Å². The Morgan fingerprint density at radius 1 is 0.944 bits per heavy atom. The van der Waals surface area contributed by atoms with Crippen LogP contribution in [0.2, 0.25) is 0 Å². The second kappa shape index (κ2) is 9.99. The van der Waals surface area contributed by atoms with Gasteiger partial charge in [0, 0.05) is 5.39 Å². The molecule has 1 N–H and O–H groups in total. The zero-order valence-electron chi connectivity index (χ0n) is 20.7. The van der Waals surface area contributed by atoms with Crippen molar-refractivity contribution in [2.75, 3.05) is 19.0 Å². The third kappa shape index (κ3) is 4.55. The maximum Gasteiger partial charge on any atom is 0.343 e. The van der Waals surface area contributed by atoms with Crippen molar-refractivity contribution in [3.63, 3.8) is 0 Å². The van der Waals surface area contributed by atoms with Crippen molar-refractivity contribution < 1.29 is 23.9 Å². The minimum absolute atomic E-state index is 0.0564. The summed E-state index contributed by atoms with van der Waals surface area (Å²) in [5.41, 5.74) is 4.10. The summed E-state index contributed by atoms with van der Waals surface area (Å²) >= 11 is 0. The van der Waals surface area contributed by atoms with Gasteiger partial charge >= 0.3 is 11.9 Å². The van der Waals surface area contributed by atoms with Crippen molar-refractivity contribution >= 4 is 34.6 Å². The summed E-state index contributed by atoms with van der Waals surface area (Å²) in [5.74, 6) is -1.43. The number of aryl methyl sites for hydroxylation is 3. The number of nitrogens with zero attached hydrogens (tertiary/aromatic N) is 3. The molecule has 0 radical (unpaired) electrons. The Labute approximate surface area is 208 Å². The Morgan fingerprint density at radius 2 is 1.67 bits per heavy atom. The SMILES string of the molecule is CCOC(=O)c1cnn(-c2cc(C)c3cc(C)cc(C)c3n2)c1NC(=O)c1ccccc1C(=O)OC. The Balaban J connectivity index is 1.86. The fourth-order valence-corrected chi connectivity index (χ4v) is 4.08. The van der Waals surface area contributed by atoms with Gasteiger partial charge in [0.05, 0.1) is 36.6 Å². The number of fused-ring (bicyclic) bond motifs is 1. The fraction of sp³-hybridized carbons (Fsp3) is 0.222. The van der Waals surface area contributed by atoms with Gasteiger partial charge in [-0.3, -0.25) is 4.79 Å². The second-order valence-corrected chi connectivity index (χ2v) is 8.31. The molecule has 9 heteroatoms. The number of rotatable bonds is 6. The molecule has 0 atom stereocenters. The van der Waals surface area contributed by atoms with Gasteiger partial charge in [0.1, 0.15) is 5.56 Å². The van der Waals surface area contributed by atoms with Crippen LogP contribution in [-0.4, -0.2) is 46.3 Å². The number of amides is 1. The highest BCUT2D eigenvalue weighted by Crippen LogP contribution is 2.27. The van der Waals surface area contributed by atoms with Gasteiger partial charge < -0.3 is 14.8 Å². The maximum absolute atomic E-state index is 13.3. The monoisotopic (exact) mass is 486 g/mol. The number of aromatic nitrogens is 3. The minimum Gasteiger partial charge on any atom is -0.465 e. The lowest BCUT2D eigenvalue weighted by atomic mass is 10.0. The number of hydrogen-bond donors (Lipinski definition) is 1. The van der Waals surface area contributed by atoms with Crippen molar-refractivity contribution in [1.82, 2.24) is 14.8 Å². The van der Waals surface area contributed by atoms with Crippen LogP contribution in [0.3, 0.4) is 0 Å². The van der Waals surface area contributed by atoms with Gasteiger partial charge in [-0.2, -0.15) is 9.78 Å². The summed E-state index contributed by atoms with van der Waals surface area (Å²) in [5, 5.41) is 8.10.